The van der Waals surface area contributed by atoms with Gasteiger partial charge in [0.2, 0.25) is 0 Å². The zero-order chi connectivity index (χ0) is 7.40. The molecule has 1 aliphatic heterocycles. The molecule has 48 valence electrons. The van der Waals surface area contributed by atoms with E-state index >= 15 is 0 Å². The van der Waals surface area contributed by atoms with Crippen LogP contribution in [0.2, 0.25) is 0 Å². The molecule has 0 spiro atoms. The molecule has 0 radical (unpaired) electrons. The first kappa shape index (κ1) is 7.28. The fourth-order valence-corrected chi connectivity index (χ4v) is 0.940. The normalized spacial score (nSPS) is 23.8. The molecule has 0 unspecified atom stereocenters. The number of amidine groups is 1. The van der Waals surface area contributed by atoms with Crippen LogP contribution in [-0.4, -0.2) is 16.9 Å². The number of nitrogens with zero attached hydrogens (tertiary/aromatic N) is 2. The number of nitrogens with two attached hydrogens (primary N) is 1. The fraction of sp³-hybridized carbons (Fsp3) is 0. The van der Waals surface area contributed by atoms with Crippen LogP contribution in [0.3, 0.4) is 0 Å². The molecule has 10 heavy (non-hydrogen) atoms. The van der Waals surface area contributed by atoms with Gasteiger partial charge in [-0.2, -0.15) is 0 Å². The van der Waals surface area contributed by atoms with Crippen molar-refractivity contribution in [3.05, 3.63) is 11.9 Å². The van der Waals surface area contributed by atoms with Crippen molar-refractivity contribution >= 4 is 16.9 Å². The minimum atomic E-state index is 0.605. The first-order valence-corrected chi connectivity index (χ1v) is 4.41. The van der Waals surface area contributed by atoms with Crippen molar-refractivity contribution in [2.45, 2.75) is 0 Å². The number of aliphatic imine (C=N–C) groups is 2. The van der Waals surface area contributed by atoms with Crippen LogP contribution in [0.15, 0.2) is 15.7 Å². The van der Waals surface area contributed by atoms with E-state index in [1.54, 1.807) is 4.73 Å². The Morgan fingerprint density at radius 2 is 2.70 bits per heavy atom. The second kappa shape index (κ2) is 3.37. The van der Waals surface area contributed by atoms with Gasteiger partial charge in [0, 0.05) is 0 Å². The maximum absolute atomic E-state index is 5.14. The summed E-state index contributed by atoms with van der Waals surface area (Å²) in [5.74, 6) is 0.605. The number of nitrogens with one attached hydrogen (secondary N) is 1. The van der Waals surface area contributed by atoms with Gasteiger partial charge in [-0.15, -0.1) is 0 Å². The predicted octanol–water partition coefficient (Wildman–Crippen LogP) is -1.07. The molecule has 4 nitrogen and oxygen atoms in total. The second-order valence-corrected chi connectivity index (χ2v) is 2.32. The van der Waals surface area contributed by atoms with Gasteiger partial charge in [-0.1, -0.05) is 0 Å². The summed E-state index contributed by atoms with van der Waals surface area (Å²) in [5, 5.41) is 2.79. The molecule has 0 bridgehead atoms. The molecular weight excluding hydrogens is 181 g/mol. The molecule has 3 N–H and O–H groups in total. The van der Waals surface area contributed by atoms with Crippen molar-refractivity contribution in [3.8, 4) is 0 Å². The zero-order valence-corrected chi connectivity index (χ0v) is 8.30. The Labute approximate surface area is 68.1 Å². The van der Waals surface area contributed by atoms with Gasteiger partial charge in [0.1, 0.15) is 0 Å². The first-order chi connectivity index (χ1) is 4.88. The SMILES string of the molecule is N[C-]=C1NC=NC1=N[CH]=[Zn]. The van der Waals surface area contributed by atoms with Gasteiger partial charge in [0.05, 0.1) is 0 Å². The van der Waals surface area contributed by atoms with Crippen LogP contribution in [-0.2, 0) is 17.9 Å². The Morgan fingerprint density at radius 3 is 3.30 bits per heavy atom. The van der Waals surface area contributed by atoms with E-state index in [-0.39, 0.29) is 0 Å². The van der Waals surface area contributed by atoms with E-state index in [0.29, 0.717) is 11.5 Å². The van der Waals surface area contributed by atoms with Crippen molar-refractivity contribution in [2.24, 2.45) is 15.7 Å². The summed E-state index contributed by atoms with van der Waals surface area (Å²) in [4.78, 5) is 7.88. The zero-order valence-electron chi connectivity index (χ0n) is 5.33. The van der Waals surface area contributed by atoms with Crippen molar-refractivity contribution in [2.75, 3.05) is 0 Å². The summed E-state index contributed by atoms with van der Waals surface area (Å²) >= 11 is 1.01. The summed E-state index contributed by atoms with van der Waals surface area (Å²) in [6.45, 7) is 0. The molecular formula is C5H5N4Zn-. The molecule has 0 saturated carbocycles. The first-order valence-electron chi connectivity index (χ1n) is 2.70. The van der Waals surface area contributed by atoms with Gasteiger partial charge in [-0.25, -0.2) is 0 Å². The Balaban J connectivity index is 2.86. The van der Waals surface area contributed by atoms with Gasteiger partial charge in [-0.05, 0) is 0 Å². The average molecular weight is 187 g/mol. The molecule has 0 atom stereocenters. The second-order valence-electron chi connectivity index (χ2n) is 1.56. The quantitative estimate of drug-likeness (QED) is 0.311. The van der Waals surface area contributed by atoms with Crippen molar-refractivity contribution < 1.29 is 17.9 Å². The summed E-state index contributed by atoms with van der Waals surface area (Å²) in [7, 11) is 0. The number of hydrogen-bond donors (Lipinski definition) is 2. The summed E-state index contributed by atoms with van der Waals surface area (Å²) in [5.41, 5.74) is 5.78. The Hall–Kier alpha value is -0.827. The number of rotatable bonds is 1. The molecule has 0 aromatic carbocycles. The Morgan fingerprint density at radius 1 is 1.90 bits per heavy atom. The molecule has 1 heterocycles. The van der Waals surface area contributed by atoms with E-state index < -0.39 is 0 Å². The maximum atomic E-state index is 5.14. The van der Waals surface area contributed by atoms with Crippen molar-refractivity contribution in [1.82, 2.24) is 5.32 Å². The van der Waals surface area contributed by atoms with E-state index in [9.17, 15) is 0 Å². The van der Waals surface area contributed by atoms with Crippen LogP contribution in [0, 0.1) is 6.20 Å². The van der Waals surface area contributed by atoms with Crippen molar-refractivity contribution in [3.63, 3.8) is 0 Å². The van der Waals surface area contributed by atoms with Gasteiger partial charge < -0.3 is 0 Å². The summed E-state index contributed by atoms with van der Waals surface area (Å²) < 4.78 is 1.77. The van der Waals surface area contributed by atoms with Gasteiger partial charge in [0.15, 0.2) is 0 Å². The van der Waals surface area contributed by atoms with Crippen molar-refractivity contribution in [1.29, 1.82) is 0 Å². The van der Waals surface area contributed by atoms with Crippen LogP contribution >= 0.6 is 0 Å². The third-order valence-corrected chi connectivity index (χ3v) is 1.36. The monoisotopic (exact) mass is 185 g/mol. The average Bonchev–Trinajstić information content (AvgIpc) is 2.36. The summed E-state index contributed by atoms with van der Waals surface area (Å²) in [6, 6.07) is 0. The number of hydrogen-bond acceptors (Lipinski definition) is 3. The predicted molar refractivity (Wildman–Crippen MR) is 36.1 cm³/mol. The third kappa shape index (κ3) is 1.36. The van der Waals surface area contributed by atoms with E-state index in [2.05, 4.69) is 21.5 Å². The standard InChI is InChI=1S/C5H5N4.Zn/c1-7-5-4(2-6)8-3-9-5;/h1,3H,6H2,(H,8,9);/q-1;. The van der Waals surface area contributed by atoms with E-state index in [4.69, 9.17) is 5.73 Å². The molecule has 0 amide bonds. The molecule has 0 fully saturated rings. The molecule has 0 aliphatic carbocycles. The molecule has 1 aliphatic rings. The molecule has 0 aromatic rings. The Bertz CT molecular complexity index is 228. The van der Waals surface area contributed by atoms with Crippen LogP contribution in [0.25, 0.3) is 0 Å². The van der Waals surface area contributed by atoms with E-state index in [0.717, 1.165) is 17.9 Å². The van der Waals surface area contributed by atoms with Crippen LogP contribution in [0.1, 0.15) is 0 Å². The van der Waals surface area contributed by atoms with Gasteiger partial charge in [-0.3, -0.25) is 0 Å². The third-order valence-electron chi connectivity index (χ3n) is 0.977. The fourth-order valence-electron chi connectivity index (χ4n) is 0.578. The summed E-state index contributed by atoms with van der Waals surface area (Å²) in [6.07, 6.45) is 3.98. The molecule has 1 rings (SSSR count). The van der Waals surface area contributed by atoms with Gasteiger partial charge in [0.25, 0.3) is 0 Å². The van der Waals surface area contributed by atoms with Crippen LogP contribution in [0.4, 0.5) is 0 Å². The van der Waals surface area contributed by atoms with E-state index in [1.165, 1.54) is 6.34 Å². The van der Waals surface area contributed by atoms with Gasteiger partial charge >= 0.3 is 67.7 Å². The van der Waals surface area contributed by atoms with Crippen LogP contribution < -0.4 is 11.1 Å². The molecule has 0 saturated heterocycles. The minimum absolute atomic E-state index is 0.605. The molecule has 0 aromatic heterocycles. The van der Waals surface area contributed by atoms with Crippen LogP contribution in [0.5, 0.6) is 0 Å². The van der Waals surface area contributed by atoms with E-state index in [1.807, 2.05) is 0 Å². The molecule has 5 heteroatoms. The topological polar surface area (TPSA) is 62.8 Å². The Kier molecular flexibility index (Phi) is 2.45.